The third-order valence-corrected chi connectivity index (χ3v) is 3.19. The number of carboxylic acids is 1. The van der Waals surface area contributed by atoms with Crippen LogP contribution < -0.4 is 9.64 Å². The van der Waals surface area contributed by atoms with Gasteiger partial charge in [-0.25, -0.2) is 0 Å². The molecule has 4 heteroatoms. The largest absolute Gasteiger partial charge is 0.489 e. The van der Waals surface area contributed by atoms with Crippen molar-refractivity contribution < 1.29 is 14.6 Å². The predicted octanol–water partition coefficient (Wildman–Crippen LogP) is 3.18. The summed E-state index contributed by atoms with van der Waals surface area (Å²) < 4.78 is 5.71. The highest BCUT2D eigenvalue weighted by atomic mass is 16.5. The summed E-state index contributed by atoms with van der Waals surface area (Å²) in [4.78, 5) is 12.5. The fraction of sp³-hybridized carbons (Fsp3) is 0.235. The van der Waals surface area contributed by atoms with Gasteiger partial charge in [-0.05, 0) is 29.8 Å². The van der Waals surface area contributed by atoms with E-state index >= 15 is 0 Å². The van der Waals surface area contributed by atoms with Gasteiger partial charge in [-0.15, -0.1) is 0 Å². The number of benzene rings is 2. The lowest BCUT2D eigenvalue weighted by Crippen LogP contribution is -2.20. The van der Waals surface area contributed by atoms with E-state index in [1.165, 1.54) is 0 Å². The molecule has 0 saturated carbocycles. The smallest absolute Gasteiger partial charge is 0.305 e. The van der Waals surface area contributed by atoms with Gasteiger partial charge in [-0.2, -0.15) is 0 Å². The van der Waals surface area contributed by atoms with Gasteiger partial charge in [-0.1, -0.05) is 30.3 Å². The van der Waals surface area contributed by atoms with E-state index in [2.05, 4.69) is 0 Å². The zero-order chi connectivity index (χ0) is 15.1. The number of anilines is 1. The molecule has 0 amide bonds. The summed E-state index contributed by atoms with van der Waals surface area (Å²) in [5, 5.41) is 8.68. The third-order valence-electron chi connectivity index (χ3n) is 3.19. The molecule has 0 saturated heterocycles. The maximum atomic E-state index is 10.6. The molecule has 0 aliphatic rings. The van der Waals surface area contributed by atoms with E-state index in [1.54, 1.807) is 0 Å². The first kappa shape index (κ1) is 14.9. The molecule has 2 aromatic rings. The normalized spacial score (nSPS) is 10.1. The van der Waals surface area contributed by atoms with Crippen molar-refractivity contribution in [2.45, 2.75) is 13.0 Å². The van der Waals surface area contributed by atoms with E-state index in [0.29, 0.717) is 13.2 Å². The summed E-state index contributed by atoms with van der Waals surface area (Å²) in [6.45, 7) is 1.02. The van der Waals surface area contributed by atoms with Crippen LogP contribution in [0, 0.1) is 0 Å². The molecule has 0 aliphatic carbocycles. The number of ether oxygens (including phenoxy) is 1. The Balaban J connectivity index is 1.88. The SMILES string of the molecule is CN(CCC(=O)O)c1ccc(OCc2ccccc2)cc1. The Morgan fingerprint density at radius 3 is 2.38 bits per heavy atom. The van der Waals surface area contributed by atoms with Gasteiger partial charge in [0.25, 0.3) is 0 Å². The Bertz CT molecular complexity index is 566. The first-order valence-electron chi connectivity index (χ1n) is 6.85. The van der Waals surface area contributed by atoms with Gasteiger partial charge >= 0.3 is 5.97 Å². The molecule has 0 radical (unpaired) electrons. The fourth-order valence-electron chi connectivity index (χ4n) is 1.93. The van der Waals surface area contributed by atoms with Crippen LogP contribution in [-0.2, 0) is 11.4 Å². The van der Waals surface area contributed by atoms with Gasteiger partial charge in [0, 0.05) is 19.3 Å². The highest BCUT2D eigenvalue weighted by molar-refractivity contribution is 5.67. The van der Waals surface area contributed by atoms with E-state index in [4.69, 9.17) is 9.84 Å². The van der Waals surface area contributed by atoms with E-state index < -0.39 is 5.97 Å². The molecule has 0 spiro atoms. The van der Waals surface area contributed by atoms with Crippen molar-refractivity contribution in [3.63, 3.8) is 0 Å². The summed E-state index contributed by atoms with van der Waals surface area (Å²) in [6.07, 6.45) is 0.128. The Labute approximate surface area is 124 Å². The molecule has 0 atom stereocenters. The number of rotatable bonds is 7. The van der Waals surface area contributed by atoms with Crippen molar-refractivity contribution in [1.82, 2.24) is 0 Å². The van der Waals surface area contributed by atoms with Gasteiger partial charge in [0.05, 0.1) is 6.42 Å². The zero-order valence-electron chi connectivity index (χ0n) is 12.0. The Morgan fingerprint density at radius 1 is 1.10 bits per heavy atom. The number of hydrogen-bond donors (Lipinski definition) is 1. The fourth-order valence-corrected chi connectivity index (χ4v) is 1.93. The lowest BCUT2D eigenvalue weighted by Gasteiger charge is -2.18. The molecule has 0 aliphatic heterocycles. The van der Waals surface area contributed by atoms with Crippen molar-refractivity contribution >= 4 is 11.7 Å². The maximum Gasteiger partial charge on any atom is 0.305 e. The van der Waals surface area contributed by atoms with Crippen LogP contribution in [-0.4, -0.2) is 24.7 Å². The lowest BCUT2D eigenvalue weighted by molar-refractivity contribution is -0.136. The summed E-state index contributed by atoms with van der Waals surface area (Å²) in [7, 11) is 1.88. The molecule has 21 heavy (non-hydrogen) atoms. The number of nitrogens with zero attached hydrogens (tertiary/aromatic N) is 1. The summed E-state index contributed by atoms with van der Waals surface area (Å²) >= 11 is 0. The molecule has 0 heterocycles. The van der Waals surface area contributed by atoms with E-state index in [1.807, 2.05) is 66.5 Å². The Kier molecular flexibility index (Phi) is 5.21. The van der Waals surface area contributed by atoms with Crippen LogP contribution in [0.15, 0.2) is 54.6 Å². The first-order valence-corrected chi connectivity index (χ1v) is 6.85. The number of carboxylic acid groups (broad SMARTS) is 1. The molecule has 0 bridgehead atoms. The van der Waals surface area contributed by atoms with Crippen LogP contribution in [0.1, 0.15) is 12.0 Å². The molecule has 4 nitrogen and oxygen atoms in total. The minimum Gasteiger partial charge on any atom is -0.489 e. The van der Waals surface area contributed by atoms with Crippen molar-refractivity contribution in [1.29, 1.82) is 0 Å². The first-order chi connectivity index (χ1) is 10.1. The molecule has 2 aromatic carbocycles. The van der Waals surface area contributed by atoms with Gasteiger partial charge in [0.2, 0.25) is 0 Å². The number of aliphatic carboxylic acids is 1. The van der Waals surface area contributed by atoms with E-state index in [0.717, 1.165) is 17.0 Å². The molecule has 0 aromatic heterocycles. The lowest BCUT2D eigenvalue weighted by atomic mass is 10.2. The Morgan fingerprint density at radius 2 is 1.76 bits per heavy atom. The van der Waals surface area contributed by atoms with Crippen LogP contribution in [0.5, 0.6) is 5.75 Å². The topological polar surface area (TPSA) is 49.8 Å². The molecule has 0 fully saturated rings. The van der Waals surface area contributed by atoms with E-state index in [-0.39, 0.29) is 6.42 Å². The van der Waals surface area contributed by atoms with Gasteiger partial charge in [-0.3, -0.25) is 4.79 Å². The minimum atomic E-state index is -0.787. The average molecular weight is 285 g/mol. The second kappa shape index (κ2) is 7.33. The molecule has 0 unspecified atom stereocenters. The zero-order valence-corrected chi connectivity index (χ0v) is 12.0. The molecule has 1 N–H and O–H groups in total. The number of carbonyl (C=O) groups is 1. The van der Waals surface area contributed by atoms with Crippen LogP contribution in [0.3, 0.4) is 0 Å². The van der Waals surface area contributed by atoms with Crippen LogP contribution >= 0.6 is 0 Å². The second-order valence-corrected chi connectivity index (χ2v) is 4.83. The summed E-state index contributed by atoms with van der Waals surface area (Å²) in [6, 6.07) is 17.7. The van der Waals surface area contributed by atoms with Crippen molar-refractivity contribution in [2.24, 2.45) is 0 Å². The number of hydrogen-bond acceptors (Lipinski definition) is 3. The quantitative estimate of drug-likeness (QED) is 0.849. The average Bonchev–Trinajstić information content (AvgIpc) is 2.52. The molecular formula is C17H19NO3. The molecule has 110 valence electrons. The predicted molar refractivity (Wildman–Crippen MR) is 82.7 cm³/mol. The minimum absolute atomic E-state index is 0.128. The summed E-state index contributed by atoms with van der Waals surface area (Å²) in [5.41, 5.74) is 2.10. The summed E-state index contributed by atoms with van der Waals surface area (Å²) in [5.74, 6) is 0.0129. The third kappa shape index (κ3) is 4.84. The highest BCUT2D eigenvalue weighted by Gasteiger charge is 2.04. The highest BCUT2D eigenvalue weighted by Crippen LogP contribution is 2.19. The molecule has 2 rings (SSSR count). The van der Waals surface area contributed by atoms with E-state index in [9.17, 15) is 4.79 Å². The van der Waals surface area contributed by atoms with Crippen LogP contribution in [0.25, 0.3) is 0 Å². The Hall–Kier alpha value is -2.49. The van der Waals surface area contributed by atoms with Crippen LogP contribution in [0.2, 0.25) is 0 Å². The van der Waals surface area contributed by atoms with Gasteiger partial charge in [0.15, 0.2) is 0 Å². The second-order valence-electron chi connectivity index (χ2n) is 4.83. The monoisotopic (exact) mass is 285 g/mol. The maximum absolute atomic E-state index is 10.6. The van der Waals surface area contributed by atoms with Gasteiger partial charge < -0.3 is 14.7 Å². The van der Waals surface area contributed by atoms with Gasteiger partial charge in [0.1, 0.15) is 12.4 Å². The molecular weight excluding hydrogens is 266 g/mol. The van der Waals surface area contributed by atoms with Crippen molar-refractivity contribution in [3.05, 3.63) is 60.2 Å². The van der Waals surface area contributed by atoms with Crippen molar-refractivity contribution in [3.8, 4) is 5.75 Å². The van der Waals surface area contributed by atoms with Crippen molar-refractivity contribution in [2.75, 3.05) is 18.5 Å². The van der Waals surface area contributed by atoms with Crippen LogP contribution in [0.4, 0.5) is 5.69 Å². The standard InChI is InChI=1S/C17H19NO3/c1-18(12-11-17(19)20)15-7-9-16(10-8-15)21-13-14-5-3-2-4-6-14/h2-10H,11-13H2,1H3,(H,19,20).